The molecular formula is C12H10ClFN2O. The Morgan fingerprint density at radius 1 is 1.29 bits per heavy atom. The molecule has 1 aromatic heterocycles. The predicted molar refractivity (Wildman–Crippen MR) is 63.7 cm³/mol. The normalized spacial score (nSPS) is 10.4. The molecule has 0 saturated heterocycles. The highest BCUT2D eigenvalue weighted by Crippen LogP contribution is 2.32. The molecule has 3 nitrogen and oxygen atoms in total. The summed E-state index contributed by atoms with van der Waals surface area (Å²) < 4.78 is 18.4. The summed E-state index contributed by atoms with van der Waals surface area (Å²) in [5, 5.41) is 0.348. The molecule has 2 rings (SSSR count). The summed E-state index contributed by atoms with van der Waals surface area (Å²) in [7, 11) is 1.52. The number of nitrogens with zero attached hydrogens (tertiary/aromatic N) is 2. The van der Waals surface area contributed by atoms with Crippen LogP contribution in [-0.4, -0.2) is 17.1 Å². The number of aromatic nitrogens is 2. The highest BCUT2D eigenvalue weighted by Gasteiger charge is 2.13. The number of hydrogen-bond donors (Lipinski definition) is 0. The van der Waals surface area contributed by atoms with Gasteiger partial charge in [0.05, 0.1) is 12.8 Å². The van der Waals surface area contributed by atoms with Gasteiger partial charge in [-0.1, -0.05) is 11.6 Å². The monoisotopic (exact) mass is 252 g/mol. The van der Waals surface area contributed by atoms with Crippen LogP contribution in [0.15, 0.2) is 24.5 Å². The summed E-state index contributed by atoms with van der Waals surface area (Å²) in [6.45, 7) is 1.78. The van der Waals surface area contributed by atoms with Crippen LogP contribution in [0.4, 0.5) is 4.39 Å². The number of rotatable bonds is 2. The van der Waals surface area contributed by atoms with Crippen molar-refractivity contribution in [2.75, 3.05) is 7.11 Å². The number of hydrogen-bond acceptors (Lipinski definition) is 3. The Morgan fingerprint density at radius 2 is 2.06 bits per heavy atom. The van der Waals surface area contributed by atoms with Gasteiger partial charge in [0.25, 0.3) is 0 Å². The molecule has 0 radical (unpaired) electrons. The Labute approximate surface area is 103 Å². The highest BCUT2D eigenvalue weighted by atomic mass is 35.5. The molecule has 0 fully saturated rings. The van der Waals surface area contributed by atoms with E-state index >= 15 is 0 Å². The quantitative estimate of drug-likeness (QED) is 0.770. The lowest BCUT2D eigenvalue weighted by Gasteiger charge is -2.10. The summed E-state index contributed by atoms with van der Waals surface area (Å²) in [6.07, 6.45) is 1.34. The molecule has 0 atom stereocenters. The zero-order valence-corrected chi connectivity index (χ0v) is 10.1. The highest BCUT2D eigenvalue weighted by molar-refractivity contribution is 6.30. The summed E-state index contributed by atoms with van der Waals surface area (Å²) in [4.78, 5) is 7.98. The van der Waals surface area contributed by atoms with Gasteiger partial charge in [-0.2, -0.15) is 0 Å². The van der Waals surface area contributed by atoms with Crippen LogP contribution in [-0.2, 0) is 0 Å². The van der Waals surface area contributed by atoms with E-state index in [0.29, 0.717) is 27.7 Å². The molecule has 88 valence electrons. The molecule has 0 spiro atoms. The van der Waals surface area contributed by atoms with Gasteiger partial charge < -0.3 is 4.74 Å². The Morgan fingerprint density at radius 3 is 2.76 bits per heavy atom. The number of ether oxygens (including phenoxy) is 1. The van der Waals surface area contributed by atoms with Gasteiger partial charge in [0.2, 0.25) is 0 Å². The molecule has 0 bridgehead atoms. The zero-order chi connectivity index (χ0) is 12.4. The van der Waals surface area contributed by atoms with Gasteiger partial charge in [-0.15, -0.1) is 0 Å². The maximum absolute atomic E-state index is 13.3. The smallest absolute Gasteiger partial charge is 0.135 e. The van der Waals surface area contributed by atoms with Crippen LogP contribution in [0.2, 0.25) is 5.15 Å². The van der Waals surface area contributed by atoms with Crippen LogP contribution in [0.5, 0.6) is 5.75 Å². The number of benzene rings is 1. The lowest BCUT2D eigenvalue weighted by atomic mass is 10.1. The molecule has 0 aliphatic carbocycles. The second-order valence-corrected chi connectivity index (χ2v) is 3.84. The first-order valence-corrected chi connectivity index (χ1v) is 5.32. The van der Waals surface area contributed by atoms with Crippen molar-refractivity contribution in [3.63, 3.8) is 0 Å². The predicted octanol–water partition coefficient (Wildman–Crippen LogP) is 3.25. The third kappa shape index (κ3) is 2.22. The van der Waals surface area contributed by atoms with Crippen molar-refractivity contribution in [2.24, 2.45) is 0 Å². The second kappa shape index (κ2) is 4.67. The van der Waals surface area contributed by atoms with Gasteiger partial charge >= 0.3 is 0 Å². The van der Waals surface area contributed by atoms with E-state index in [0.717, 1.165) is 0 Å². The standard InChI is InChI=1S/C12H10ClFN2O/c1-7-11(15-6-16-12(7)13)9-5-8(14)3-4-10(9)17-2/h3-6H,1-2H3. The SMILES string of the molecule is COc1ccc(F)cc1-c1ncnc(Cl)c1C. The minimum absolute atomic E-state index is 0.348. The van der Waals surface area contributed by atoms with Crippen molar-refractivity contribution in [3.8, 4) is 17.0 Å². The summed E-state index contributed by atoms with van der Waals surface area (Å²) in [5.41, 5.74) is 1.83. The average molecular weight is 253 g/mol. The van der Waals surface area contributed by atoms with E-state index in [4.69, 9.17) is 16.3 Å². The van der Waals surface area contributed by atoms with Crippen molar-refractivity contribution < 1.29 is 9.13 Å². The fourth-order valence-electron chi connectivity index (χ4n) is 1.57. The minimum atomic E-state index is -0.352. The molecule has 0 unspecified atom stereocenters. The van der Waals surface area contributed by atoms with Crippen LogP contribution in [0.25, 0.3) is 11.3 Å². The third-order valence-electron chi connectivity index (χ3n) is 2.44. The first kappa shape index (κ1) is 11.8. The largest absolute Gasteiger partial charge is 0.496 e. The van der Waals surface area contributed by atoms with Crippen LogP contribution in [0, 0.1) is 12.7 Å². The summed E-state index contributed by atoms with van der Waals surface area (Å²) in [6, 6.07) is 4.26. The molecule has 17 heavy (non-hydrogen) atoms. The van der Waals surface area contributed by atoms with Crippen molar-refractivity contribution in [1.82, 2.24) is 9.97 Å². The fraction of sp³-hybridized carbons (Fsp3) is 0.167. The van der Waals surface area contributed by atoms with Crippen LogP contribution >= 0.6 is 11.6 Å². The van der Waals surface area contributed by atoms with Gasteiger partial charge in [0, 0.05) is 11.1 Å². The van der Waals surface area contributed by atoms with E-state index in [-0.39, 0.29) is 5.82 Å². The first-order valence-electron chi connectivity index (χ1n) is 4.94. The first-order chi connectivity index (χ1) is 8.13. The zero-order valence-electron chi connectivity index (χ0n) is 9.37. The molecule has 1 heterocycles. The van der Waals surface area contributed by atoms with Gasteiger partial charge in [-0.3, -0.25) is 0 Å². The second-order valence-electron chi connectivity index (χ2n) is 3.48. The van der Waals surface area contributed by atoms with Crippen molar-refractivity contribution in [1.29, 1.82) is 0 Å². The molecule has 0 aliphatic rings. The van der Waals surface area contributed by atoms with Crippen LogP contribution < -0.4 is 4.74 Å². The van der Waals surface area contributed by atoms with Gasteiger partial charge in [0.1, 0.15) is 23.0 Å². The van der Waals surface area contributed by atoms with Gasteiger partial charge in [-0.05, 0) is 25.1 Å². The van der Waals surface area contributed by atoms with Crippen LogP contribution in [0.1, 0.15) is 5.56 Å². The lowest BCUT2D eigenvalue weighted by Crippen LogP contribution is -1.95. The molecule has 1 aromatic carbocycles. The van der Waals surface area contributed by atoms with Crippen molar-refractivity contribution >= 4 is 11.6 Å². The molecule has 0 N–H and O–H groups in total. The molecule has 0 saturated carbocycles. The molecule has 5 heteroatoms. The van der Waals surface area contributed by atoms with Gasteiger partial charge in [0.15, 0.2) is 0 Å². The minimum Gasteiger partial charge on any atom is -0.496 e. The summed E-state index contributed by atoms with van der Waals surface area (Å²) >= 11 is 5.91. The van der Waals surface area contributed by atoms with E-state index < -0.39 is 0 Å². The van der Waals surface area contributed by atoms with Gasteiger partial charge in [-0.25, -0.2) is 14.4 Å². The van der Waals surface area contributed by atoms with E-state index in [1.165, 1.54) is 25.6 Å². The fourth-order valence-corrected chi connectivity index (χ4v) is 1.70. The lowest BCUT2D eigenvalue weighted by molar-refractivity contribution is 0.415. The molecule has 2 aromatic rings. The average Bonchev–Trinajstić information content (AvgIpc) is 2.33. The summed E-state index contributed by atoms with van der Waals surface area (Å²) in [5.74, 6) is 0.194. The van der Waals surface area contributed by atoms with Crippen LogP contribution in [0.3, 0.4) is 0 Å². The van der Waals surface area contributed by atoms with E-state index in [2.05, 4.69) is 9.97 Å². The maximum atomic E-state index is 13.3. The number of halogens is 2. The van der Waals surface area contributed by atoms with Crippen molar-refractivity contribution in [2.45, 2.75) is 6.92 Å². The Kier molecular flexibility index (Phi) is 3.24. The molecule has 0 aliphatic heterocycles. The third-order valence-corrected chi connectivity index (χ3v) is 2.82. The molecular weight excluding hydrogens is 243 g/mol. The topological polar surface area (TPSA) is 35.0 Å². The maximum Gasteiger partial charge on any atom is 0.135 e. The van der Waals surface area contributed by atoms with Crippen molar-refractivity contribution in [3.05, 3.63) is 41.1 Å². The Bertz CT molecular complexity index is 560. The van der Waals surface area contributed by atoms with E-state index in [9.17, 15) is 4.39 Å². The Hall–Kier alpha value is -1.68. The van der Waals surface area contributed by atoms with E-state index in [1.54, 1.807) is 13.0 Å². The van der Waals surface area contributed by atoms with E-state index in [1.807, 2.05) is 0 Å². The Balaban J connectivity index is 2.67. The number of methoxy groups -OCH3 is 1. The molecule has 0 amide bonds.